The van der Waals surface area contributed by atoms with Crippen molar-refractivity contribution in [2.45, 2.75) is 40.0 Å². The van der Waals surface area contributed by atoms with Gasteiger partial charge in [0.1, 0.15) is 0 Å². The topological polar surface area (TPSA) is 15.3 Å². The minimum absolute atomic E-state index is 0.773. The average molecular weight is 224 g/mol. The Morgan fingerprint density at radius 2 is 2.19 bits per heavy atom. The molecule has 0 aromatic rings. The zero-order valence-electron chi connectivity index (χ0n) is 11.3. The van der Waals surface area contributed by atoms with Crippen LogP contribution < -0.4 is 5.32 Å². The molecule has 1 aliphatic rings. The Hall–Kier alpha value is -0.340. The zero-order chi connectivity index (χ0) is 11.8. The molecule has 0 atom stereocenters. The van der Waals surface area contributed by atoms with Crippen LogP contribution in [0, 0.1) is 5.92 Å². The summed E-state index contributed by atoms with van der Waals surface area (Å²) < 4.78 is 0. The molecule has 1 aliphatic heterocycles. The van der Waals surface area contributed by atoms with Crippen LogP contribution in [0.5, 0.6) is 0 Å². The molecule has 94 valence electrons. The maximum absolute atomic E-state index is 3.50. The van der Waals surface area contributed by atoms with Gasteiger partial charge in [0.05, 0.1) is 0 Å². The van der Waals surface area contributed by atoms with E-state index in [9.17, 15) is 0 Å². The first-order valence-electron chi connectivity index (χ1n) is 6.77. The minimum atomic E-state index is 0.773. The third kappa shape index (κ3) is 6.29. The van der Waals surface area contributed by atoms with Crippen molar-refractivity contribution in [1.29, 1.82) is 0 Å². The molecule has 0 bridgehead atoms. The van der Waals surface area contributed by atoms with Crippen LogP contribution in [0.25, 0.3) is 0 Å². The summed E-state index contributed by atoms with van der Waals surface area (Å²) >= 11 is 0. The van der Waals surface area contributed by atoms with Crippen molar-refractivity contribution in [3.63, 3.8) is 0 Å². The monoisotopic (exact) mass is 224 g/mol. The van der Waals surface area contributed by atoms with E-state index in [0.29, 0.717) is 0 Å². The molecule has 0 aliphatic carbocycles. The van der Waals surface area contributed by atoms with E-state index >= 15 is 0 Å². The molecule has 0 saturated heterocycles. The molecule has 0 aromatic heterocycles. The lowest BCUT2D eigenvalue weighted by molar-refractivity contribution is 0.283. The molecule has 1 rings (SSSR count). The van der Waals surface area contributed by atoms with Gasteiger partial charge in [-0.25, -0.2) is 0 Å². The summed E-state index contributed by atoms with van der Waals surface area (Å²) in [5.74, 6) is 0.773. The molecule has 0 amide bonds. The van der Waals surface area contributed by atoms with Gasteiger partial charge in [0, 0.05) is 13.1 Å². The second-order valence-corrected chi connectivity index (χ2v) is 5.42. The fourth-order valence-electron chi connectivity index (χ4n) is 2.16. The number of nitrogens with zero attached hydrogens (tertiary/aromatic N) is 1. The lowest BCUT2D eigenvalue weighted by Crippen LogP contribution is -2.30. The van der Waals surface area contributed by atoms with E-state index in [2.05, 4.69) is 37.1 Å². The Balaban J connectivity index is 1.93. The highest BCUT2D eigenvalue weighted by molar-refractivity contribution is 5.04. The maximum atomic E-state index is 3.50. The Labute approximate surface area is 101 Å². The van der Waals surface area contributed by atoms with Crippen molar-refractivity contribution in [2.75, 3.05) is 32.7 Å². The zero-order valence-corrected chi connectivity index (χ0v) is 11.3. The van der Waals surface area contributed by atoms with Gasteiger partial charge in [-0.15, -0.1) is 0 Å². The highest BCUT2D eigenvalue weighted by Crippen LogP contribution is 2.09. The summed E-state index contributed by atoms with van der Waals surface area (Å²) in [4.78, 5) is 2.58. The molecule has 0 unspecified atom stereocenters. The fourth-order valence-corrected chi connectivity index (χ4v) is 2.16. The number of hydrogen-bond acceptors (Lipinski definition) is 2. The molecule has 0 fully saturated rings. The molecule has 1 heterocycles. The predicted molar refractivity (Wildman–Crippen MR) is 71.8 cm³/mol. The van der Waals surface area contributed by atoms with Crippen LogP contribution in [0.1, 0.15) is 40.0 Å². The molecule has 0 spiro atoms. The third-order valence-corrected chi connectivity index (χ3v) is 3.04. The second-order valence-electron chi connectivity index (χ2n) is 5.42. The summed E-state index contributed by atoms with van der Waals surface area (Å²) in [7, 11) is 0. The second kappa shape index (κ2) is 7.86. The van der Waals surface area contributed by atoms with Gasteiger partial charge in [-0.1, -0.05) is 25.5 Å². The third-order valence-electron chi connectivity index (χ3n) is 3.04. The van der Waals surface area contributed by atoms with Crippen molar-refractivity contribution in [1.82, 2.24) is 10.2 Å². The van der Waals surface area contributed by atoms with Crippen LogP contribution in [0.15, 0.2) is 11.6 Å². The maximum Gasteiger partial charge on any atom is 0.0190 e. The normalized spacial score (nSPS) is 17.9. The summed E-state index contributed by atoms with van der Waals surface area (Å²) in [5, 5.41) is 3.50. The molecular formula is C14H28N2. The molecule has 0 saturated carbocycles. The van der Waals surface area contributed by atoms with E-state index < -0.39 is 0 Å². The smallest absolute Gasteiger partial charge is 0.0190 e. The van der Waals surface area contributed by atoms with Crippen LogP contribution in [-0.4, -0.2) is 37.6 Å². The van der Waals surface area contributed by atoms with Crippen LogP contribution in [0.3, 0.4) is 0 Å². The van der Waals surface area contributed by atoms with Gasteiger partial charge in [-0.05, 0) is 51.7 Å². The number of unbranched alkanes of at least 4 members (excludes halogenated alkanes) is 1. The molecule has 16 heavy (non-hydrogen) atoms. The van der Waals surface area contributed by atoms with Crippen molar-refractivity contribution in [3.05, 3.63) is 11.6 Å². The highest BCUT2D eigenvalue weighted by Gasteiger charge is 2.08. The number of nitrogens with one attached hydrogen (secondary N) is 1. The molecule has 2 heteroatoms. The lowest BCUT2D eigenvalue weighted by atomic mass is 10.1. The summed E-state index contributed by atoms with van der Waals surface area (Å²) in [6.45, 7) is 12.8. The summed E-state index contributed by atoms with van der Waals surface area (Å²) in [6, 6.07) is 0. The Bertz CT molecular complexity index is 209. The van der Waals surface area contributed by atoms with E-state index in [1.54, 1.807) is 5.57 Å². The molecule has 1 N–H and O–H groups in total. The Morgan fingerprint density at radius 1 is 1.38 bits per heavy atom. The van der Waals surface area contributed by atoms with Gasteiger partial charge in [-0.3, -0.25) is 4.90 Å². The molecule has 0 radical (unpaired) electrons. The highest BCUT2D eigenvalue weighted by atomic mass is 15.1. The van der Waals surface area contributed by atoms with Crippen LogP contribution in [0.2, 0.25) is 0 Å². The Morgan fingerprint density at radius 3 is 2.88 bits per heavy atom. The number of hydrogen-bond donors (Lipinski definition) is 1. The van der Waals surface area contributed by atoms with Crippen LogP contribution >= 0.6 is 0 Å². The first-order chi connectivity index (χ1) is 7.68. The number of rotatable bonds is 7. The van der Waals surface area contributed by atoms with Crippen LogP contribution in [-0.2, 0) is 0 Å². The predicted octanol–water partition coefficient (Wildman–Crippen LogP) is 2.66. The van der Waals surface area contributed by atoms with Gasteiger partial charge < -0.3 is 5.32 Å². The fraction of sp³-hybridized carbons (Fsp3) is 0.857. The quantitative estimate of drug-likeness (QED) is 0.528. The van der Waals surface area contributed by atoms with Gasteiger partial charge in [0.25, 0.3) is 0 Å². The van der Waals surface area contributed by atoms with Gasteiger partial charge in [-0.2, -0.15) is 0 Å². The van der Waals surface area contributed by atoms with Crippen molar-refractivity contribution in [3.8, 4) is 0 Å². The van der Waals surface area contributed by atoms with E-state index in [1.807, 2.05) is 0 Å². The van der Waals surface area contributed by atoms with E-state index in [1.165, 1.54) is 45.4 Å². The molecule has 0 aromatic carbocycles. The van der Waals surface area contributed by atoms with E-state index in [0.717, 1.165) is 12.5 Å². The van der Waals surface area contributed by atoms with Crippen LogP contribution in [0.4, 0.5) is 0 Å². The van der Waals surface area contributed by atoms with Crippen molar-refractivity contribution < 1.29 is 0 Å². The van der Waals surface area contributed by atoms with E-state index in [4.69, 9.17) is 0 Å². The van der Waals surface area contributed by atoms with Crippen molar-refractivity contribution in [2.24, 2.45) is 5.92 Å². The van der Waals surface area contributed by atoms with Gasteiger partial charge in [0.15, 0.2) is 0 Å². The molecular weight excluding hydrogens is 196 g/mol. The molecule has 2 nitrogen and oxygen atoms in total. The first-order valence-corrected chi connectivity index (χ1v) is 6.77. The van der Waals surface area contributed by atoms with E-state index in [-0.39, 0.29) is 0 Å². The SMILES string of the molecule is CC1=CCCN(CCCCNCC(C)C)C1. The average Bonchev–Trinajstić information content (AvgIpc) is 2.23. The lowest BCUT2D eigenvalue weighted by Gasteiger charge is -2.25. The minimum Gasteiger partial charge on any atom is -0.316 e. The van der Waals surface area contributed by atoms with Gasteiger partial charge in [0.2, 0.25) is 0 Å². The Kier molecular flexibility index (Phi) is 6.74. The largest absolute Gasteiger partial charge is 0.316 e. The summed E-state index contributed by atoms with van der Waals surface area (Å²) in [6.07, 6.45) is 6.27. The van der Waals surface area contributed by atoms with Crippen molar-refractivity contribution >= 4 is 0 Å². The van der Waals surface area contributed by atoms with Gasteiger partial charge >= 0.3 is 0 Å². The first kappa shape index (κ1) is 13.7. The summed E-state index contributed by atoms with van der Waals surface area (Å²) in [5.41, 5.74) is 1.55. The standard InChI is InChI=1S/C14H28N2/c1-13(2)11-15-8-4-5-9-16-10-6-7-14(3)12-16/h7,13,15H,4-6,8-12H2,1-3H3.